The van der Waals surface area contributed by atoms with Crippen molar-refractivity contribution >= 4 is 15.9 Å². The van der Waals surface area contributed by atoms with Crippen LogP contribution in [0.3, 0.4) is 0 Å². The van der Waals surface area contributed by atoms with E-state index in [9.17, 15) is 4.39 Å². The van der Waals surface area contributed by atoms with Gasteiger partial charge in [-0.05, 0) is 31.7 Å². The van der Waals surface area contributed by atoms with Crippen molar-refractivity contribution < 1.29 is 9.13 Å². The molecule has 3 atom stereocenters. The SMILES string of the molecule is C[C@@H]1[C@@H](c2ccccc2)O[C@H](c2ccc(F)cc2Br)N1C. The van der Waals surface area contributed by atoms with Crippen LogP contribution in [0, 0.1) is 5.82 Å². The summed E-state index contributed by atoms with van der Waals surface area (Å²) in [7, 11) is 2.04. The van der Waals surface area contributed by atoms with Gasteiger partial charge in [0.2, 0.25) is 0 Å². The molecule has 0 unspecified atom stereocenters. The van der Waals surface area contributed by atoms with E-state index in [1.165, 1.54) is 12.1 Å². The minimum absolute atomic E-state index is 0.0122. The number of nitrogens with zero attached hydrogens (tertiary/aromatic N) is 1. The second-order valence-electron chi connectivity index (χ2n) is 5.39. The highest BCUT2D eigenvalue weighted by atomic mass is 79.9. The van der Waals surface area contributed by atoms with Crippen LogP contribution in [0.2, 0.25) is 0 Å². The second kappa shape index (κ2) is 5.87. The standard InChI is InChI=1S/C17H17BrFNO/c1-11-16(12-6-4-3-5-7-12)21-17(20(11)2)14-9-8-13(19)10-15(14)18/h3-11,16-17H,1-2H3/t11-,16+,17-/m1/s1. The van der Waals surface area contributed by atoms with Gasteiger partial charge in [0.1, 0.15) is 18.1 Å². The Morgan fingerprint density at radius 1 is 1.14 bits per heavy atom. The van der Waals surface area contributed by atoms with Crippen LogP contribution < -0.4 is 0 Å². The lowest BCUT2D eigenvalue weighted by molar-refractivity contribution is 0.00508. The molecule has 21 heavy (non-hydrogen) atoms. The Morgan fingerprint density at radius 3 is 2.52 bits per heavy atom. The molecular weight excluding hydrogens is 333 g/mol. The fourth-order valence-corrected chi connectivity index (χ4v) is 3.32. The fourth-order valence-electron chi connectivity index (χ4n) is 2.77. The first-order valence-electron chi connectivity index (χ1n) is 6.95. The number of rotatable bonds is 2. The molecule has 3 rings (SSSR count). The van der Waals surface area contributed by atoms with Crippen molar-refractivity contribution in [1.82, 2.24) is 4.90 Å². The first-order chi connectivity index (χ1) is 10.1. The van der Waals surface area contributed by atoms with Crippen molar-refractivity contribution in [2.75, 3.05) is 7.05 Å². The van der Waals surface area contributed by atoms with E-state index in [1.807, 2.05) is 25.2 Å². The Balaban J connectivity index is 1.92. The Bertz CT molecular complexity index is 634. The van der Waals surface area contributed by atoms with E-state index >= 15 is 0 Å². The Morgan fingerprint density at radius 2 is 1.86 bits per heavy atom. The van der Waals surface area contributed by atoms with Crippen LogP contribution >= 0.6 is 15.9 Å². The largest absolute Gasteiger partial charge is 0.349 e. The Labute approximate surface area is 132 Å². The molecule has 2 aromatic rings. The van der Waals surface area contributed by atoms with Gasteiger partial charge in [0.15, 0.2) is 0 Å². The van der Waals surface area contributed by atoms with Crippen LogP contribution in [-0.4, -0.2) is 18.0 Å². The van der Waals surface area contributed by atoms with E-state index in [2.05, 4.69) is 39.9 Å². The van der Waals surface area contributed by atoms with Crippen molar-refractivity contribution in [3.05, 3.63) is 69.9 Å². The molecule has 0 amide bonds. The summed E-state index contributed by atoms with van der Waals surface area (Å²) >= 11 is 3.43. The van der Waals surface area contributed by atoms with Crippen LogP contribution in [0.15, 0.2) is 53.0 Å². The van der Waals surface area contributed by atoms with Gasteiger partial charge >= 0.3 is 0 Å². The van der Waals surface area contributed by atoms with Gasteiger partial charge in [0, 0.05) is 16.1 Å². The highest BCUT2D eigenvalue weighted by molar-refractivity contribution is 9.10. The highest BCUT2D eigenvalue weighted by Gasteiger charge is 2.39. The first-order valence-corrected chi connectivity index (χ1v) is 7.74. The summed E-state index contributed by atoms with van der Waals surface area (Å²) in [4.78, 5) is 2.18. The van der Waals surface area contributed by atoms with Crippen molar-refractivity contribution in [3.63, 3.8) is 0 Å². The van der Waals surface area contributed by atoms with Gasteiger partial charge in [0.05, 0.1) is 0 Å². The van der Waals surface area contributed by atoms with Gasteiger partial charge in [-0.2, -0.15) is 0 Å². The average molecular weight is 350 g/mol. The molecule has 0 spiro atoms. The summed E-state index contributed by atoms with van der Waals surface area (Å²) in [6.07, 6.45) is -0.168. The van der Waals surface area contributed by atoms with Crippen LogP contribution in [0.5, 0.6) is 0 Å². The maximum absolute atomic E-state index is 13.3. The van der Waals surface area contributed by atoms with E-state index in [-0.39, 0.29) is 24.2 Å². The van der Waals surface area contributed by atoms with Crippen molar-refractivity contribution in [1.29, 1.82) is 0 Å². The van der Waals surface area contributed by atoms with Crippen molar-refractivity contribution in [2.45, 2.75) is 25.3 Å². The predicted molar refractivity (Wildman–Crippen MR) is 84.3 cm³/mol. The molecule has 1 heterocycles. The second-order valence-corrected chi connectivity index (χ2v) is 6.25. The van der Waals surface area contributed by atoms with Crippen molar-refractivity contribution in [3.8, 4) is 0 Å². The maximum atomic E-state index is 13.3. The summed E-state index contributed by atoms with van der Waals surface area (Å²) in [5, 5.41) is 0. The molecule has 110 valence electrons. The number of halogens is 2. The molecule has 0 radical (unpaired) electrons. The van der Waals surface area contributed by atoms with Crippen LogP contribution in [0.1, 0.15) is 30.4 Å². The molecule has 4 heteroatoms. The molecule has 0 saturated carbocycles. The molecule has 0 bridgehead atoms. The minimum Gasteiger partial charge on any atom is -0.349 e. The van der Waals surface area contributed by atoms with Gasteiger partial charge < -0.3 is 4.74 Å². The topological polar surface area (TPSA) is 12.5 Å². The van der Waals surface area contributed by atoms with Gasteiger partial charge in [-0.25, -0.2) is 4.39 Å². The van der Waals surface area contributed by atoms with Crippen molar-refractivity contribution in [2.24, 2.45) is 0 Å². The third-order valence-corrected chi connectivity index (χ3v) is 4.77. The molecule has 2 nitrogen and oxygen atoms in total. The summed E-state index contributed by atoms with van der Waals surface area (Å²) in [6.45, 7) is 2.15. The third kappa shape index (κ3) is 2.76. The molecule has 0 aromatic heterocycles. The molecule has 1 saturated heterocycles. The quantitative estimate of drug-likeness (QED) is 0.780. The third-order valence-electron chi connectivity index (χ3n) is 4.08. The molecule has 1 aliphatic rings. The van der Waals surface area contributed by atoms with E-state index in [4.69, 9.17) is 4.74 Å². The zero-order chi connectivity index (χ0) is 15.0. The zero-order valence-corrected chi connectivity index (χ0v) is 13.5. The fraction of sp³-hybridized carbons (Fsp3) is 0.294. The lowest BCUT2D eigenvalue weighted by Gasteiger charge is -2.22. The first kappa shape index (κ1) is 14.7. The average Bonchev–Trinajstić information content (AvgIpc) is 2.77. The number of ether oxygens (including phenoxy) is 1. The van der Waals surface area contributed by atoms with Gasteiger partial charge in [-0.3, -0.25) is 4.90 Å². The van der Waals surface area contributed by atoms with E-state index < -0.39 is 0 Å². The normalized spacial score (nSPS) is 26.2. The summed E-state index contributed by atoms with van der Waals surface area (Å²) < 4.78 is 20.3. The number of hydrogen-bond donors (Lipinski definition) is 0. The summed E-state index contributed by atoms with van der Waals surface area (Å²) in [6, 6.07) is 15.2. The molecule has 1 aliphatic heterocycles. The highest BCUT2D eigenvalue weighted by Crippen LogP contribution is 2.42. The van der Waals surface area contributed by atoms with Crippen LogP contribution in [0.25, 0.3) is 0 Å². The number of benzene rings is 2. The summed E-state index contributed by atoms with van der Waals surface area (Å²) in [5.41, 5.74) is 2.11. The molecule has 0 N–H and O–H groups in total. The Hall–Kier alpha value is -1.23. The Kier molecular flexibility index (Phi) is 4.11. The van der Waals surface area contributed by atoms with E-state index in [1.54, 1.807) is 6.07 Å². The van der Waals surface area contributed by atoms with Gasteiger partial charge in [0.25, 0.3) is 0 Å². The lowest BCUT2D eigenvalue weighted by Crippen LogP contribution is -2.27. The molecular formula is C17H17BrFNO. The van der Waals surface area contributed by atoms with Gasteiger partial charge in [-0.1, -0.05) is 52.3 Å². The van der Waals surface area contributed by atoms with Gasteiger partial charge in [-0.15, -0.1) is 0 Å². The van der Waals surface area contributed by atoms with E-state index in [0.717, 1.165) is 15.6 Å². The minimum atomic E-state index is -0.251. The predicted octanol–water partition coefficient (Wildman–Crippen LogP) is 4.68. The number of likely N-dealkylation sites (N-methyl/N-ethyl adjacent to an activating group) is 1. The molecule has 1 fully saturated rings. The maximum Gasteiger partial charge on any atom is 0.138 e. The molecule has 2 aromatic carbocycles. The zero-order valence-electron chi connectivity index (χ0n) is 12.0. The smallest absolute Gasteiger partial charge is 0.138 e. The lowest BCUT2D eigenvalue weighted by atomic mass is 10.0. The summed E-state index contributed by atoms with van der Waals surface area (Å²) in [5.74, 6) is -0.251. The van der Waals surface area contributed by atoms with Crippen LogP contribution in [-0.2, 0) is 4.74 Å². The van der Waals surface area contributed by atoms with E-state index in [0.29, 0.717) is 0 Å². The monoisotopic (exact) mass is 349 g/mol. The molecule has 0 aliphatic carbocycles. The number of hydrogen-bond acceptors (Lipinski definition) is 2. The van der Waals surface area contributed by atoms with Crippen LogP contribution in [0.4, 0.5) is 4.39 Å².